The average Bonchev–Trinajstić information content (AvgIpc) is 3.22. The Bertz CT molecular complexity index is 452. The van der Waals surface area contributed by atoms with Gasteiger partial charge >= 0.3 is 0 Å². The van der Waals surface area contributed by atoms with Gasteiger partial charge in [-0.3, -0.25) is 14.7 Å². The number of hydrogen-bond donors (Lipinski definition) is 2. The SMILES string of the molecule is CCNC(=NCCCCSC)NCCN1CCN(C(=O)C2CCCC2)CC1.I. The molecule has 1 saturated carbocycles. The molecule has 28 heavy (non-hydrogen) atoms. The molecule has 1 saturated heterocycles. The monoisotopic (exact) mass is 525 g/mol. The summed E-state index contributed by atoms with van der Waals surface area (Å²) in [5.41, 5.74) is 0. The quantitative estimate of drug-likeness (QED) is 0.199. The van der Waals surface area contributed by atoms with Gasteiger partial charge in [0.15, 0.2) is 5.96 Å². The molecule has 2 N–H and O–H groups in total. The highest BCUT2D eigenvalue weighted by Crippen LogP contribution is 2.26. The third-order valence-electron chi connectivity index (χ3n) is 5.48. The molecule has 0 aromatic carbocycles. The van der Waals surface area contributed by atoms with Gasteiger partial charge in [-0.2, -0.15) is 11.8 Å². The Morgan fingerprint density at radius 3 is 2.46 bits per heavy atom. The van der Waals surface area contributed by atoms with Gasteiger partial charge in [0, 0.05) is 58.3 Å². The average molecular weight is 526 g/mol. The topological polar surface area (TPSA) is 60.0 Å². The smallest absolute Gasteiger partial charge is 0.225 e. The lowest BCUT2D eigenvalue weighted by molar-refractivity contribution is -0.137. The van der Waals surface area contributed by atoms with E-state index < -0.39 is 0 Å². The minimum absolute atomic E-state index is 0. The summed E-state index contributed by atoms with van der Waals surface area (Å²) in [5.74, 6) is 2.87. The maximum absolute atomic E-state index is 12.5. The molecular weight excluding hydrogens is 485 g/mol. The van der Waals surface area contributed by atoms with Crippen LogP contribution >= 0.6 is 35.7 Å². The Morgan fingerprint density at radius 1 is 1.11 bits per heavy atom. The molecule has 2 fully saturated rings. The maximum Gasteiger partial charge on any atom is 0.225 e. The number of piperazine rings is 1. The van der Waals surface area contributed by atoms with Crippen molar-refractivity contribution in [2.24, 2.45) is 10.9 Å². The first-order chi connectivity index (χ1) is 13.2. The Morgan fingerprint density at radius 2 is 1.82 bits per heavy atom. The molecule has 0 atom stereocenters. The van der Waals surface area contributed by atoms with Crippen molar-refractivity contribution in [3.63, 3.8) is 0 Å². The van der Waals surface area contributed by atoms with E-state index in [2.05, 4.69) is 38.6 Å². The highest BCUT2D eigenvalue weighted by molar-refractivity contribution is 14.0. The molecule has 0 radical (unpaired) electrons. The fraction of sp³-hybridized carbons (Fsp3) is 0.900. The Balaban J connectivity index is 0.00000392. The van der Waals surface area contributed by atoms with E-state index in [1.807, 2.05) is 11.8 Å². The second kappa shape index (κ2) is 15.6. The number of rotatable bonds is 10. The van der Waals surface area contributed by atoms with Crippen LogP contribution in [0, 0.1) is 5.92 Å². The van der Waals surface area contributed by atoms with Gasteiger partial charge in [-0.1, -0.05) is 12.8 Å². The van der Waals surface area contributed by atoms with E-state index in [9.17, 15) is 4.79 Å². The number of hydrogen-bond acceptors (Lipinski definition) is 4. The van der Waals surface area contributed by atoms with Crippen molar-refractivity contribution in [3.05, 3.63) is 0 Å². The van der Waals surface area contributed by atoms with Crippen molar-refractivity contribution < 1.29 is 4.79 Å². The van der Waals surface area contributed by atoms with E-state index in [0.717, 1.165) is 77.6 Å². The number of amides is 1. The van der Waals surface area contributed by atoms with Gasteiger partial charge in [0.1, 0.15) is 0 Å². The number of halogens is 1. The summed E-state index contributed by atoms with van der Waals surface area (Å²) < 4.78 is 0. The molecule has 1 heterocycles. The van der Waals surface area contributed by atoms with Gasteiger partial charge < -0.3 is 15.5 Å². The Labute approximate surface area is 193 Å². The number of thioether (sulfide) groups is 1. The number of nitrogens with one attached hydrogen (secondary N) is 2. The van der Waals surface area contributed by atoms with Crippen LogP contribution in [0.2, 0.25) is 0 Å². The molecule has 164 valence electrons. The standard InChI is InChI=1S/C20H39N5OS.HI/c1-3-21-20(22-10-6-7-17-27-2)23-11-12-24-13-15-25(16-14-24)19(26)18-8-4-5-9-18;/h18H,3-17H2,1-2H3,(H2,21,22,23);1H. The zero-order valence-corrected chi connectivity index (χ0v) is 20.9. The van der Waals surface area contributed by atoms with Crippen LogP contribution in [0.1, 0.15) is 45.4 Å². The fourth-order valence-corrected chi connectivity index (χ4v) is 4.34. The van der Waals surface area contributed by atoms with E-state index in [-0.39, 0.29) is 24.0 Å². The van der Waals surface area contributed by atoms with Crippen molar-refractivity contribution in [1.82, 2.24) is 20.4 Å². The molecule has 1 aliphatic heterocycles. The van der Waals surface area contributed by atoms with Gasteiger partial charge in [-0.15, -0.1) is 24.0 Å². The van der Waals surface area contributed by atoms with Crippen LogP contribution in [0.25, 0.3) is 0 Å². The number of aliphatic imine (C=N–C) groups is 1. The van der Waals surface area contributed by atoms with Crippen LogP contribution in [0.3, 0.4) is 0 Å². The van der Waals surface area contributed by atoms with Crippen LogP contribution in [-0.4, -0.2) is 86.0 Å². The molecule has 2 aliphatic rings. The molecule has 1 aliphatic carbocycles. The minimum Gasteiger partial charge on any atom is -0.357 e. The van der Waals surface area contributed by atoms with E-state index >= 15 is 0 Å². The summed E-state index contributed by atoms with van der Waals surface area (Å²) in [6.07, 6.45) is 9.20. The van der Waals surface area contributed by atoms with E-state index in [1.165, 1.54) is 25.0 Å². The summed E-state index contributed by atoms with van der Waals surface area (Å²) in [4.78, 5) is 21.7. The van der Waals surface area contributed by atoms with Gasteiger partial charge in [0.25, 0.3) is 0 Å². The maximum atomic E-state index is 12.5. The first-order valence-electron chi connectivity index (χ1n) is 10.8. The van der Waals surface area contributed by atoms with E-state index in [1.54, 1.807) is 0 Å². The summed E-state index contributed by atoms with van der Waals surface area (Å²) in [7, 11) is 0. The van der Waals surface area contributed by atoms with Crippen LogP contribution in [-0.2, 0) is 4.79 Å². The lowest BCUT2D eigenvalue weighted by atomic mass is 10.1. The molecule has 2 rings (SSSR count). The summed E-state index contributed by atoms with van der Waals surface area (Å²) in [5, 5.41) is 6.78. The number of carbonyl (C=O) groups excluding carboxylic acids is 1. The third kappa shape index (κ3) is 9.52. The van der Waals surface area contributed by atoms with Crippen LogP contribution in [0.4, 0.5) is 0 Å². The molecule has 0 bridgehead atoms. The lowest BCUT2D eigenvalue weighted by Crippen LogP contribution is -2.51. The normalized spacial score (nSPS) is 18.8. The van der Waals surface area contributed by atoms with Crippen molar-refractivity contribution in [3.8, 4) is 0 Å². The van der Waals surface area contributed by atoms with Crippen molar-refractivity contribution in [1.29, 1.82) is 0 Å². The summed E-state index contributed by atoms with van der Waals surface area (Å²) in [6, 6.07) is 0. The van der Waals surface area contributed by atoms with E-state index in [0.29, 0.717) is 11.8 Å². The van der Waals surface area contributed by atoms with Gasteiger partial charge in [-0.05, 0) is 44.6 Å². The molecular formula is C20H40IN5OS. The first-order valence-corrected chi connectivity index (χ1v) is 12.2. The summed E-state index contributed by atoms with van der Waals surface area (Å²) >= 11 is 1.90. The number of nitrogens with zero attached hydrogens (tertiary/aromatic N) is 3. The van der Waals surface area contributed by atoms with Crippen molar-refractivity contribution in [2.75, 3.05) is 64.4 Å². The predicted octanol–water partition coefficient (Wildman–Crippen LogP) is 2.64. The van der Waals surface area contributed by atoms with Crippen molar-refractivity contribution >= 4 is 47.6 Å². The second-order valence-electron chi connectivity index (χ2n) is 7.54. The predicted molar refractivity (Wildman–Crippen MR) is 132 cm³/mol. The van der Waals surface area contributed by atoms with Crippen molar-refractivity contribution in [2.45, 2.75) is 45.4 Å². The number of guanidine groups is 1. The molecule has 0 aromatic rings. The molecule has 0 unspecified atom stereocenters. The van der Waals surface area contributed by atoms with Gasteiger partial charge in [0.05, 0.1) is 0 Å². The van der Waals surface area contributed by atoms with Crippen LogP contribution in [0.5, 0.6) is 0 Å². The first kappa shape index (κ1) is 25.8. The highest BCUT2D eigenvalue weighted by Gasteiger charge is 2.29. The Kier molecular flexibility index (Phi) is 14.4. The molecule has 6 nitrogen and oxygen atoms in total. The molecule has 0 spiro atoms. The zero-order chi connectivity index (χ0) is 19.3. The fourth-order valence-electron chi connectivity index (χ4n) is 3.85. The number of unbranched alkanes of at least 4 members (excludes halogenated alkanes) is 1. The molecule has 1 amide bonds. The van der Waals surface area contributed by atoms with Gasteiger partial charge in [-0.25, -0.2) is 0 Å². The third-order valence-corrected chi connectivity index (χ3v) is 6.18. The van der Waals surface area contributed by atoms with Crippen LogP contribution in [0.15, 0.2) is 4.99 Å². The van der Waals surface area contributed by atoms with Crippen LogP contribution < -0.4 is 10.6 Å². The number of carbonyl (C=O) groups is 1. The lowest BCUT2D eigenvalue weighted by Gasteiger charge is -2.36. The second-order valence-corrected chi connectivity index (χ2v) is 8.52. The molecule has 0 aromatic heterocycles. The zero-order valence-electron chi connectivity index (χ0n) is 17.8. The van der Waals surface area contributed by atoms with E-state index in [4.69, 9.17) is 0 Å². The van der Waals surface area contributed by atoms with Gasteiger partial charge in [0.2, 0.25) is 5.91 Å². The summed E-state index contributed by atoms with van der Waals surface area (Å²) in [6.45, 7) is 9.53. The molecule has 8 heteroatoms. The highest BCUT2D eigenvalue weighted by atomic mass is 127. The minimum atomic E-state index is 0. The largest absolute Gasteiger partial charge is 0.357 e. The Hall–Kier alpha value is -0.220.